The van der Waals surface area contributed by atoms with Gasteiger partial charge in [0.15, 0.2) is 11.6 Å². The zero-order valence-corrected chi connectivity index (χ0v) is 19.6. The fraction of sp³-hybridized carbons (Fsp3) is 0.115. The van der Waals surface area contributed by atoms with Crippen molar-refractivity contribution in [2.75, 3.05) is 11.1 Å². The van der Waals surface area contributed by atoms with Crippen molar-refractivity contribution >= 4 is 17.4 Å². The number of nitrogens with two attached hydrogens (primary N) is 1. The summed E-state index contributed by atoms with van der Waals surface area (Å²) in [5.74, 6) is -5.34. The van der Waals surface area contributed by atoms with Crippen molar-refractivity contribution in [2.24, 2.45) is 0 Å². The van der Waals surface area contributed by atoms with Crippen molar-refractivity contribution in [1.29, 1.82) is 0 Å². The van der Waals surface area contributed by atoms with Crippen LogP contribution < -0.4 is 11.1 Å². The number of carbonyl (C=O) groups excluding carboxylic acids is 1. The SMILES string of the molecule is Cc1ccccc1Cn1nc(-c2ncc(NC(=O)C(F)(F)c3ccccc3)c(N)n2)cc1-c1ccon1. The summed E-state index contributed by atoms with van der Waals surface area (Å²) in [6.07, 6.45) is 2.63. The lowest BCUT2D eigenvalue weighted by molar-refractivity contribution is -0.140. The third-order valence-corrected chi connectivity index (χ3v) is 5.78. The molecule has 0 fully saturated rings. The van der Waals surface area contributed by atoms with Crippen LogP contribution in [-0.2, 0) is 17.3 Å². The minimum absolute atomic E-state index is 0.138. The average molecular weight is 501 g/mol. The first-order chi connectivity index (χ1) is 17.8. The maximum Gasteiger partial charge on any atom is 0.350 e. The van der Waals surface area contributed by atoms with Crippen molar-refractivity contribution in [1.82, 2.24) is 24.9 Å². The van der Waals surface area contributed by atoms with Crippen LogP contribution in [0.15, 0.2) is 83.7 Å². The van der Waals surface area contributed by atoms with E-state index in [1.54, 1.807) is 22.9 Å². The second kappa shape index (κ2) is 9.61. The topological polar surface area (TPSA) is 125 Å². The van der Waals surface area contributed by atoms with E-state index in [9.17, 15) is 13.6 Å². The molecule has 0 atom stereocenters. The van der Waals surface area contributed by atoms with Crippen LogP contribution in [0.2, 0.25) is 0 Å². The van der Waals surface area contributed by atoms with Crippen LogP contribution in [0.3, 0.4) is 0 Å². The Morgan fingerprint density at radius 1 is 1.08 bits per heavy atom. The van der Waals surface area contributed by atoms with E-state index < -0.39 is 17.4 Å². The van der Waals surface area contributed by atoms with Crippen LogP contribution in [0.1, 0.15) is 16.7 Å². The molecule has 2 aromatic carbocycles. The van der Waals surface area contributed by atoms with E-state index in [-0.39, 0.29) is 17.3 Å². The Bertz CT molecular complexity index is 1550. The molecule has 0 aliphatic rings. The van der Waals surface area contributed by atoms with Crippen LogP contribution >= 0.6 is 0 Å². The summed E-state index contributed by atoms with van der Waals surface area (Å²) >= 11 is 0. The summed E-state index contributed by atoms with van der Waals surface area (Å²) in [5, 5.41) is 10.8. The smallest absolute Gasteiger partial charge is 0.350 e. The summed E-state index contributed by atoms with van der Waals surface area (Å²) in [6.45, 7) is 2.46. The average Bonchev–Trinajstić information content (AvgIpc) is 3.57. The fourth-order valence-electron chi connectivity index (χ4n) is 3.74. The molecule has 3 heterocycles. The number of nitrogens with one attached hydrogen (secondary N) is 1. The zero-order chi connectivity index (χ0) is 26.0. The Balaban J connectivity index is 1.43. The molecule has 3 aromatic heterocycles. The Morgan fingerprint density at radius 3 is 2.54 bits per heavy atom. The van der Waals surface area contributed by atoms with Gasteiger partial charge >= 0.3 is 5.92 Å². The van der Waals surface area contributed by atoms with E-state index >= 15 is 0 Å². The third kappa shape index (κ3) is 4.79. The van der Waals surface area contributed by atoms with Crippen molar-refractivity contribution in [2.45, 2.75) is 19.4 Å². The molecule has 37 heavy (non-hydrogen) atoms. The van der Waals surface area contributed by atoms with Gasteiger partial charge in [-0.15, -0.1) is 0 Å². The summed E-state index contributed by atoms with van der Waals surface area (Å²) in [7, 11) is 0. The first-order valence-electron chi connectivity index (χ1n) is 11.2. The van der Waals surface area contributed by atoms with Crippen LogP contribution in [0.4, 0.5) is 20.3 Å². The van der Waals surface area contributed by atoms with Gasteiger partial charge < -0.3 is 15.6 Å². The number of rotatable bonds is 7. The van der Waals surface area contributed by atoms with E-state index in [4.69, 9.17) is 10.3 Å². The van der Waals surface area contributed by atoms with Gasteiger partial charge in [0, 0.05) is 11.6 Å². The van der Waals surface area contributed by atoms with Crippen LogP contribution in [0, 0.1) is 6.92 Å². The lowest BCUT2D eigenvalue weighted by Gasteiger charge is -2.16. The van der Waals surface area contributed by atoms with Crippen LogP contribution in [0.5, 0.6) is 0 Å². The number of hydrogen-bond donors (Lipinski definition) is 2. The van der Waals surface area contributed by atoms with Crippen LogP contribution in [0.25, 0.3) is 22.9 Å². The molecule has 0 unspecified atom stereocenters. The number of hydrogen-bond acceptors (Lipinski definition) is 7. The molecule has 0 bridgehead atoms. The maximum atomic E-state index is 14.6. The van der Waals surface area contributed by atoms with Gasteiger partial charge in [-0.1, -0.05) is 59.8 Å². The molecule has 5 aromatic rings. The van der Waals surface area contributed by atoms with Gasteiger partial charge in [-0.25, -0.2) is 9.97 Å². The second-order valence-corrected chi connectivity index (χ2v) is 8.27. The Labute approximate surface area is 210 Å². The molecule has 0 radical (unpaired) electrons. The third-order valence-electron chi connectivity index (χ3n) is 5.78. The van der Waals surface area contributed by atoms with Gasteiger partial charge in [0.2, 0.25) is 0 Å². The quantitative estimate of drug-likeness (QED) is 0.332. The largest absolute Gasteiger partial charge is 0.382 e. The first-order valence-corrected chi connectivity index (χ1v) is 11.2. The molecule has 0 aliphatic heterocycles. The number of benzene rings is 2. The van der Waals surface area contributed by atoms with Gasteiger partial charge in [0.1, 0.15) is 23.3 Å². The molecule has 0 saturated heterocycles. The fourth-order valence-corrected chi connectivity index (χ4v) is 3.74. The van der Waals surface area contributed by atoms with Gasteiger partial charge in [0.25, 0.3) is 5.91 Å². The summed E-state index contributed by atoms with van der Waals surface area (Å²) in [5.41, 5.74) is 9.17. The number of carbonyl (C=O) groups is 1. The molecule has 5 rings (SSSR count). The normalized spacial score (nSPS) is 11.4. The number of nitrogen functional groups attached to an aromatic ring is 1. The van der Waals surface area contributed by atoms with E-state index in [0.29, 0.717) is 23.6 Å². The molecule has 9 nitrogen and oxygen atoms in total. The lowest BCUT2D eigenvalue weighted by atomic mass is 10.1. The maximum absolute atomic E-state index is 14.6. The monoisotopic (exact) mass is 501 g/mol. The van der Waals surface area contributed by atoms with Gasteiger partial charge in [-0.2, -0.15) is 13.9 Å². The highest BCUT2D eigenvalue weighted by molar-refractivity contribution is 5.98. The molecular formula is C26H21F2N7O2. The van der Waals surface area contributed by atoms with Crippen LogP contribution in [-0.4, -0.2) is 30.8 Å². The first kappa shape index (κ1) is 23.8. The molecule has 11 heteroatoms. The second-order valence-electron chi connectivity index (χ2n) is 8.27. The predicted octanol–water partition coefficient (Wildman–Crippen LogP) is 4.66. The minimum atomic E-state index is -3.77. The highest BCUT2D eigenvalue weighted by atomic mass is 19.3. The lowest BCUT2D eigenvalue weighted by Crippen LogP contribution is -2.32. The van der Waals surface area contributed by atoms with E-state index in [2.05, 4.69) is 25.5 Å². The minimum Gasteiger partial charge on any atom is -0.382 e. The zero-order valence-electron chi connectivity index (χ0n) is 19.6. The summed E-state index contributed by atoms with van der Waals surface area (Å²) in [4.78, 5) is 20.7. The predicted molar refractivity (Wildman–Crippen MR) is 132 cm³/mol. The number of aromatic nitrogens is 5. The number of amides is 1. The number of anilines is 2. The van der Waals surface area contributed by atoms with Gasteiger partial charge in [-0.05, 0) is 24.1 Å². The molecule has 186 valence electrons. The highest BCUT2D eigenvalue weighted by Crippen LogP contribution is 2.31. The molecule has 0 saturated carbocycles. The van der Waals surface area contributed by atoms with Gasteiger partial charge in [0.05, 0.1) is 18.4 Å². The number of halogens is 2. The molecular weight excluding hydrogens is 480 g/mol. The van der Waals surface area contributed by atoms with Crippen molar-refractivity contribution < 1.29 is 18.1 Å². The molecule has 0 aliphatic carbocycles. The Kier molecular flexibility index (Phi) is 6.18. The van der Waals surface area contributed by atoms with Crippen molar-refractivity contribution in [3.8, 4) is 22.9 Å². The molecule has 3 N–H and O–H groups in total. The van der Waals surface area contributed by atoms with E-state index in [1.807, 2.05) is 31.2 Å². The summed E-state index contributed by atoms with van der Waals surface area (Å²) in [6, 6.07) is 18.1. The number of aryl methyl sites for hydroxylation is 1. The van der Waals surface area contributed by atoms with Crippen molar-refractivity contribution in [3.63, 3.8) is 0 Å². The standard InChI is InChI=1S/C26H21F2N7O2/c1-16-7-5-6-8-17(16)15-35-22(19-11-12-37-34-19)13-20(33-35)24-30-14-21(23(29)32-24)31-25(36)26(27,28)18-9-3-2-4-10-18/h2-14H,15H2,1H3,(H,31,36)(H2,29,30,32). The number of nitrogens with zero attached hydrogens (tertiary/aromatic N) is 5. The summed E-state index contributed by atoms with van der Waals surface area (Å²) < 4.78 is 35.9. The highest BCUT2D eigenvalue weighted by Gasteiger charge is 2.41. The van der Waals surface area contributed by atoms with Crippen molar-refractivity contribution in [3.05, 3.63) is 95.9 Å². The molecule has 1 amide bonds. The number of alkyl halides is 2. The van der Waals surface area contributed by atoms with E-state index in [0.717, 1.165) is 11.1 Å². The van der Waals surface area contributed by atoms with E-state index in [1.165, 1.54) is 36.7 Å². The Hall–Kier alpha value is -4.93. The Morgan fingerprint density at radius 2 is 1.84 bits per heavy atom. The van der Waals surface area contributed by atoms with Gasteiger partial charge in [-0.3, -0.25) is 9.48 Å². The molecule has 0 spiro atoms.